The molecule has 0 bridgehead atoms. The van der Waals surface area contributed by atoms with E-state index in [1.54, 1.807) is 0 Å². The molecule has 0 radical (unpaired) electrons. The number of nitrogens with zero attached hydrogens (tertiary/aromatic N) is 1. The molecule has 5 heteroatoms. The van der Waals surface area contributed by atoms with Crippen LogP contribution in [0.25, 0.3) is 0 Å². The van der Waals surface area contributed by atoms with E-state index in [0.717, 1.165) is 18.7 Å². The number of hydrogen-bond acceptors (Lipinski definition) is 3. The molecular weight excluding hydrogens is 266 g/mol. The molecule has 0 aromatic heterocycles. The molecule has 1 aliphatic rings. The van der Waals surface area contributed by atoms with E-state index in [1.165, 1.54) is 6.92 Å². The summed E-state index contributed by atoms with van der Waals surface area (Å²) in [5, 5.41) is 6.11. The Morgan fingerprint density at radius 2 is 1.95 bits per heavy atom. The Hall–Kier alpha value is -1.88. The number of hydrogen-bond donors (Lipinski definition) is 2. The summed E-state index contributed by atoms with van der Waals surface area (Å²) < 4.78 is 0. The van der Waals surface area contributed by atoms with E-state index < -0.39 is 0 Å². The van der Waals surface area contributed by atoms with Gasteiger partial charge in [0.1, 0.15) is 0 Å². The number of carbonyl (C=O) groups is 2. The van der Waals surface area contributed by atoms with Crippen LogP contribution in [0.5, 0.6) is 0 Å². The van der Waals surface area contributed by atoms with Gasteiger partial charge in [0, 0.05) is 44.2 Å². The molecule has 1 heterocycles. The molecule has 2 amide bonds. The quantitative estimate of drug-likeness (QED) is 0.877. The summed E-state index contributed by atoms with van der Waals surface area (Å²) in [5.74, 6) is 0.0145. The van der Waals surface area contributed by atoms with Gasteiger partial charge >= 0.3 is 0 Å². The first-order valence-corrected chi connectivity index (χ1v) is 7.37. The van der Waals surface area contributed by atoms with E-state index in [-0.39, 0.29) is 17.9 Å². The zero-order valence-electron chi connectivity index (χ0n) is 12.8. The van der Waals surface area contributed by atoms with Crippen molar-refractivity contribution in [3.8, 4) is 0 Å². The lowest BCUT2D eigenvalue weighted by Crippen LogP contribution is -2.57. The van der Waals surface area contributed by atoms with Crippen LogP contribution in [0.2, 0.25) is 0 Å². The van der Waals surface area contributed by atoms with Crippen molar-refractivity contribution >= 4 is 11.8 Å². The fraction of sp³-hybridized carbons (Fsp3) is 0.500. The third kappa shape index (κ3) is 3.82. The van der Waals surface area contributed by atoms with Crippen LogP contribution in [-0.2, 0) is 11.3 Å². The third-order valence-electron chi connectivity index (χ3n) is 4.04. The van der Waals surface area contributed by atoms with Gasteiger partial charge in [0.15, 0.2) is 0 Å². The molecule has 1 aromatic rings. The number of piperazine rings is 1. The minimum Gasteiger partial charge on any atom is -0.352 e. The summed E-state index contributed by atoms with van der Waals surface area (Å²) in [6, 6.07) is 7.93. The number of nitrogens with one attached hydrogen (secondary N) is 2. The summed E-state index contributed by atoms with van der Waals surface area (Å²) in [6.07, 6.45) is 0. The number of carbonyl (C=O) groups excluding carboxylic acids is 2. The molecule has 1 aromatic carbocycles. The summed E-state index contributed by atoms with van der Waals surface area (Å²) in [7, 11) is 0. The van der Waals surface area contributed by atoms with Crippen molar-refractivity contribution in [2.24, 2.45) is 0 Å². The van der Waals surface area contributed by atoms with Gasteiger partial charge in [0.05, 0.1) is 0 Å². The van der Waals surface area contributed by atoms with Gasteiger partial charge in [0.2, 0.25) is 5.91 Å². The van der Waals surface area contributed by atoms with Crippen LogP contribution in [0, 0.1) is 0 Å². The van der Waals surface area contributed by atoms with Crippen molar-refractivity contribution in [2.75, 3.05) is 13.1 Å². The highest BCUT2D eigenvalue weighted by molar-refractivity contribution is 5.94. The van der Waals surface area contributed by atoms with Gasteiger partial charge in [-0.25, -0.2) is 0 Å². The molecule has 2 unspecified atom stereocenters. The second-order valence-corrected chi connectivity index (χ2v) is 5.59. The van der Waals surface area contributed by atoms with Crippen LogP contribution in [0.15, 0.2) is 24.3 Å². The van der Waals surface area contributed by atoms with Crippen molar-refractivity contribution < 1.29 is 9.59 Å². The van der Waals surface area contributed by atoms with E-state index in [2.05, 4.69) is 24.5 Å². The molecule has 0 spiro atoms. The van der Waals surface area contributed by atoms with E-state index >= 15 is 0 Å². The second-order valence-electron chi connectivity index (χ2n) is 5.59. The molecular formula is C16H23N3O2. The lowest BCUT2D eigenvalue weighted by atomic mass is 10.0. The summed E-state index contributed by atoms with van der Waals surface area (Å²) in [5.41, 5.74) is 1.69. The first kappa shape index (κ1) is 15.5. The Morgan fingerprint density at radius 3 is 2.57 bits per heavy atom. The molecule has 1 aliphatic heterocycles. The maximum atomic E-state index is 12.6. The maximum absolute atomic E-state index is 12.6. The van der Waals surface area contributed by atoms with Crippen molar-refractivity contribution in [2.45, 2.75) is 39.4 Å². The number of amides is 2. The Balaban J connectivity index is 2.04. The lowest BCUT2D eigenvalue weighted by molar-refractivity contribution is -0.119. The highest BCUT2D eigenvalue weighted by Gasteiger charge is 2.28. The highest BCUT2D eigenvalue weighted by atomic mass is 16.2. The largest absolute Gasteiger partial charge is 0.352 e. The first-order chi connectivity index (χ1) is 9.99. The number of benzene rings is 1. The SMILES string of the molecule is CC(=O)NCc1ccc(C(=O)N2CCNC(C)C2C)cc1. The predicted molar refractivity (Wildman–Crippen MR) is 81.9 cm³/mol. The fourth-order valence-electron chi connectivity index (χ4n) is 2.50. The third-order valence-corrected chi connectivity index (χ3v) is 4.04. The molecule has 2 atom stereocenters. The fourth-order valence-corrected chi connectivity index (χ4v) is 2.50. The molecule has 114 valence electrons. The minimum atomic E-state index is -0.0567. The molecule has 0 aliphatic carbocycles. The summed E-state index contributed by atoms with van der Waals surface area (Å²) in [4.78, 5) is 25.4. The van der Waals surface area contributed by atoms with Gasteiger partial charge in [-0.3, -0.25) is 9.59 Å². The van der Waals surface area contributed by atoms with Gasteiger partial charge in [-0.2, -0.15) is 0 Å². The molecule has 1 fully saturated rings. The average molecular weight is 289 g/mol. The Bertz CT molecular complexity index is 513. The van der Waals surface area contributed by atoms with Gasteiger partial charge in [-0.05, 0) is 31.5 Å². The zero-order chi connectivity index (χ0) is 15.4. The van der Waals surface area contributed by atoms with Crippen molar-refractivity contribution in [3.05, 3.63) is 35.4 Å². The second kappa shape index (κ2) is 6.72. The Morgan fingerprint density at radius 1 is 1.29 bits per heavy atom. The van der Waals surface area contributed by atoms with Gasteiger partial charge < -0.3 is 15.5 Å². The summed E-state index contributed by atoms with van der Waals surface area (Å²) in [6.45, 7) is 7.71. The van der Waals surface area contributed by atoms with Crippen LogP contribution in [-0.4, -0.2) is 41.9 Å². The van der Waals surface area contributed by atoms with Gasteiger partial charge in [0.25, 0.3) is 5.91 Å². The molecule has 0 saturated carbocycles. The average Bonchev–Trinajstić information content (AvgIpc) is 2.48. The van der Waals surface area contributed by atoms with E-state index in [1.807, 2.05) is 29.2 Å². The van der Waals surface area contributed by atoms with Crippen molar-refractivity contribution in [1.29, 1.82) is 0 Å². The van der Waals surface area contributed by atoms with Crippen LogP contribution >= 0.6 is 0 Å². The molecule has 5 nitrogen and oxygen atoms in total. The van der Waals surface area contributed by atoms with E-state index in [4.69, 9.17) is 0 Å². The van der Waals surface area contributed by atoms with Crippen molar-refractivity contribution in [1.82, 2.24) is 15.5 Å². The molecule has 2 N–H and O–H groups in total. The minimum absolute atomic E-state index is 0.0567. The molecule has 1 saturated heterocycles. The standard InChI is InChI=1S/C16H23N3O2/c1-11-12(2)19(9-8-17-11)16(21)15-6-4-14(5-7-15)10-18-13(3)20/h4-7,11-12,17H,8-10H2,1-3H3,(H,18,20). The smallest absolute Gasteiger partial charge is 0.254 e. The normalized spacial score (nSPS) is 22.0. The van der Waals surface area contributed by atoms with Gasteiger partial charge in [-0.1, -0.05) is 12.1 Å². The van der Waals surface area contributed by atoms with Crippen LogP contribution in [0.4, 0.5) is 0 Å². The lowest BCUT2D eigenvalue weighted by Gasteiger charge is -2.38. The van der Waals surface area contributed by atoms with Crippen LogP contribution < -0.4 is 10.6 Å². The maximum Gasteiger partial charge on any atom is 0.254 e. The van der Waals surface area contributed by atoms with E-state index in [0.29, 0.717) is 18.2 Å². The first-order valence-electron chi connectivity index (χ1n) is 7.37. The van der Waals surface area contributed by atoms with Crippen LogP contribution in [0.3, 0.4) is 0 Å². The summed E-state index contributed by atoms with van der Waals surface area (Å²) >= 11 is 0. The monoisotopic (exact) mass is 289 g/mol. The highest BCUT2D eigenvalue weighted by Crippen LogP contribution is 2.14. The zero-order valence-corrected chi connectivity index (χ0v) is 12.8. The molecule has 2 rings (SSSR count). The Labute approximate surface area is 125 Å². The van der Waals surface area contributed by atoms with Crippen LogP contribution in [0.1, 0.15) is 36.7 Å². The topological polar surface area (TPSA) is 61.4 Å². The van der Waals surface area contributed by atoms with Gasteiger partial charge in [-0.15, -0.1) is 0 Å². The number of rotatable bonds is 3. The van der Waals surface area contributed by atoms with E-state index in [9.17, 15) is 9.59 Å². The van der Waals surface area contributed by atoms with Crippen molar-refractivity contribution in [3.63, 3.8) is 0 Å². The Kier molecular flexibility index (Phi) is 4.96. The predicted octanol–water partition coefficient (Wildman–Crippen LogP) is 1.15. The molecule has 21 heavy (non-hydrogen) atoms.